The Labute approximate surface area is 210 Å². The minimum Gasteiger partial charge on any atom is -0.494 e. The molecule has 0 saturated carbocycles. The summed E-state index contributed by atoms with van der Waals surface area (Å²) >= 11 is 0. The lowest BCUT2D eigenvalue weighted by Crippen LogP contribution is -2.50. The SMILES string of the molecule is CCOC(=O)C1C(=O)N(CCc2ccccc2)c2nc3ccccc3n2C1c1ccc(OCC)cc1. The molecule has 1 aromatic heterocycles. The molecule has 7 heteroatoms. The van der Waals surface area contributed by atoms with Gasteiger partial charge in [-0.2, -0.15) is 0 Å². The Kier molecular flexibility index (Phi) is 6.71. The van der Waals surface area contributed by atoms with Crippen molar-refractivity contribution < 1.29 is 19.1 Å². The average molecular weight is 484 g/mol. The number of amides is 1. The number of carbonyl (C=O) groups excluding carboxylic acids is 2. The van der Waals surface area contributed by atoms with E-state index in [0.29, 0.717) is 25.5 Å². The smallest absolute Gasteiger partial charge is 0.321 e. The van der Waals surface area contributed by atoms with Gasteiger partial charge >= 0.3 is 5.97 Å². The van der Waals surface area contributed by atoms with Gasteiger partial charge in [0.1, 0.15) is 5.75 Å². The first-order valence-electron chi connectivity index (χ1n) is 12.3. The quantitative estimate of drug-likeness (QED) is 0.266. The van der Waals surface area contributed by atoms with Crippen LogP contribution in [0.4, 0.5) is 5.95 Å². The lowest BCUT2D eigenvalue weighted by Gasteiger charge is -2.38. The maximum absolute atomic E-state index is 14.0. The highest BCUT2D eigenvalue weighted by molar-refractivity contribution is 6.08. The van der Waals surface area contributed by atoms with Gasteiger partial charge in [-0.15, -0.1) is 0 Å². The van der Waals surface area contributed by atoms with Gasteiger partial charge in [-0.05, 0) is 55.7 Å². The highest BCUT2D eigenvalue weighted by Gasteiger charge is 2.47. The van der Waals surface area contributed by atoms with E-state index in [1.807, 2.05) is 90.4 Å². The van der Waals surface area contributed by atoms with E-state index in [2.05, 4.69) is 0 Å². The molecule has 2 heterocycles. The monoisotopic (exact) mass is 483 g/mol. The summed E-state index contributed by atoms with van der Waals surface area (Å²) in [4.78, 5) is 33.8. The summed E-state index contributed by atoms with van der Waals surface area (Å²) in [5.41, 5.74) is 3.55. The van der Waals surface area contributed by atoms with E-state index < -0.39 is 17.9 Å². The minimum absolute atomic E-state index is 0.195. The number of ether oxygens (including phenoxy) is 2. The van der Waals surface area contributed by atoms with Gasteiger partial charge in [0, 0.05) is 6.54 Å². The van der Waals surface area contributed by atoms with Gasteiger partial charge in [0.15, 0.2) is 5.92 Å². The van der Waals surface area contributed by atoms with Gasteiger partial charge < -0.3 is 14.0 Å². The van der Waals surface area contributed by atoms with Gasteiger partial charge in [0.2, 0.25) is 11.9 Å². The van der Waals surface area contributed by atoms with Crippen LogP contribution in [0, 0.1) is 5.92 Å². The van der Waals surface area contributed by atoms with E-state index in [9.17, 15) is 9.59 Å². The number of esters is 1. The molecule has 1 aliphatic rings. The number of nitrogens with zero attached hydrogens (tertiary/aromatic N) is 3. The number of fused-ring (bicyclic) bond motifs is 3. The van der Waals surface area contributed by atoms with Crippen molar-refractivity contribution in [2.24, 2.45) is 5.92 Å². The molecular weight excluding hydrogens is 454 g/mol. The summed E-state index contributed by atoms with van der Waals surface area (Å²) in [5, 5.41) is 0. The van der Waals surface area contributed by atoms with E-state index >= 15 is 0 Å². The fraction of sp³-hybridized carbons (Fsp3) is 0.276. The molecule has 5 rings (SSSR count). The second kappa shape index (κ2) is 10.2. The van der Waals surface area contributed by atoms with Crippen molar-refractivity contribution in [3.05, 3.63) is 90.0 Å². The second-order valence-corrected chi connectivity index (χ2v) is 8.67. The molecule has 4 aromatic rings. The Morgan fingerprint density at radius 3 is 2.36 bits per heavy atom. The second-order valence-electron chi connectivity index (χ2n) is 8.67. The van der Waals surface area contributed by atoms with E-state index in [1.54, 1.807) is 11.8 Å². The molecule has 0 bridgehead atoms. The fourth-order valence-electron chi connectivity index (χ4n) is 4.87. The normalized spacial score (nSPS) is 17.2. The first-order valence-corrected chi connectivity index (χ1v) is 12.3. The molecule has 0 N–H and O–H groups in total. The number of carbonyl (C=O) groups is 2. The van der Waals surface area contributed by atoms with Crippen molar-refractivity contribution in [1.29, 1.82) is 0 Å². The third-order valence-corrected chi connectivity index (χ3v) is 6.48. The molecule has 0 fully saturated rings. The number of para-hydroxylation sites is 2. The van der Waals surface area contributed by atoms with E-state index in [1.165, 1.54) is 0 Å². The van der Waals surface area contributed by atoms with E-state index in [4.69, 9.17) is 14.5 Å². The average Bonchev–Trinajstić information content (AvgIpc) is 3.28. The van der Waals surface area contributed by atoms with Crippen LogP contribution >= 0.6 is 0 Å². The van der Waals surface area contributed by atoms with Gasteiger partial charge in [0.25, 0.3) is 0 Å². The van der Waals surface area contributed by atoms with Crippen LogP contribution in [0.2, 0.25) is 0 Å². The van der Waals surface area contributed by atoms with E-state index in [-0.39, 0.29) is 12.5 Å². The molecule has 36 heavy (non-hydrogen) atoms. The molecule has 0 radical (unpaired) electrons. The van der Waals surface area contributed by atoms with Crippen LogP contribution in [-0.2, 0) is 20.7 Å². The van der Waals surface area contributed by atoms with Gasteiger partial charge in [-0.3, -0.25) is 14.5 Å². The molecule has 0 saturated heterocycles. The third-order valence-electron chi connectivity index (χ3n) is 6.48. The zero-order chi connectivity index (χ0) is 25.1. The van der Waals surface area contributed by atoms with Crippen LogP contribution in [0.5, 0.6) is 5.75 Å². The van der Waals surface area contributed by atoms with Crippen molar-refractivity contribution in [2.75, 3.05) is 24.7 Å². The first-order chi connectivity index (χ1) is 17.6. The predicted molar refractivity (Wildman–Crippen MR) is 138 cm³/mol. The molecular formula is C29H29N3O4. The van der Waals surface area contributed by atoms with Crippen molar-refractivity contribution in [2.45, 2.75) is 26.3 Å². The van der Waals surface area contributed by atoms with Gasteiger partial charge in [-0.1, -0.05) is 54.6 Å². The Balaban J connectivity index is 1.65. The molecule has 2 unspecified atom stereocenters. The molecule has 0 aliphatic carbocycles. The predicted octanol–water partition coefficient (Wildman–Crippen LogP) is 4.79. The highest BCUT2D eigenvalue weighted by atomic mass is 16.5. The van der Waals surface area contributed by atoms with Crippen molar-refractivity contribution in [3.63, 3.8) is 0 Å². The van der Waals surface area contributed by atoms with Crippen LogP contribution in [0.25, 0.3) is 11.0 Å². The summed E-state index contributed by atoms with van der Waals surface area (Å²) in [6, 6.07) is 24.7. The maximum Gasteiger partial charge on any atom is 0.321 e. The first kappa shape index (κ1) is 23.6. The summed E-state index contributed by atoms with van der Waals surface area (Å²) in [7, 11) is 0. The topological polar surface area (TPSA) is 73.7 Å². The van der Waals surface area contributed by atoms with Crippen LogP contribution in [0.1, 0.15) is 31.0 Å². The Hall–Kier alpha value is -4.13. The van der Waals surface area contributed by atoms with Crippen LogP contribution < -0.4 is 9.64 Å². The van der Waals surface area contributed by atoms with Crippen molar-refractivity contribution in [3.8, 4) is 5.75 Å². The Morgan fingerprint density at radius 1 is 0.917 bits per heavy atom. The van der Waals surface area contributed by atoms with Crippen LogP contribution in [-0.4, -0.2) is 41.2 Å². The Bertz CT molecular complexity index is 1360. The summed E-state index contributed by atoms with van der Waals surface area (Å²) in [6.07, 6.45) is 0.638. The molecule has 7 nitrogen and oxygen atoms in total. The maximum atomic E-state index is 14.0. The molecule has 184 valence electrons. The molecule has 0 spiro atoms. The van der Waals surface area contributed by atoms with Crippen molar-refractivity contribution >= 4 is 28.9 Å². The fourth-order valence-corrected chi connectivity index (χ4v) is 4.87. The number of hydrogen-bond donors (Lipinski definition) is 0. The van der Waals surface area contributed by atoms with Gasteiger partial charge in [0.05, 0.1) is 30.3 Å². The zero-order valence-electron chi connectivity index (χ0n) is 20.5. The lowest BCUT2D eigenvalue weighted by atomic mass is 9.89. The van der Waals surface area contributed by atoms with Gasteiger partial charge in [-0.25, -0.2) is 4.98 Å². The van der Waals surface area contributed by atoms with Crippen LogP contribution in [0.15, 0.2) is 78.9 Å². The molecule has 2 atom stereocenters. The standard InChI is InChI=1S/C29H29N3O4/c1-3-35-22-16-14-21(15-17-22)26-25(28(34)36-4-2)27(33)31(19-18-20-10-6-5-7-11-20)29-30-23-12-8-9-13-24(23)32(26)29/h5-17,25-26H,3-4,18-19H2,1-2H3. The zero-order valence-corrected chi connectivity index (χ0v) is 20.5. The molecule has 1 aliphatic heterocycles. The highest BCUT2D eigenvalue weighted by Crippen LogP contribution is 2.41. The minimum atomic E-state index is -1.04. The number of rotatable bonds is 8. The molecule has 1 amide bonds. The number of hydrogen-bond acceptors (Lipinski definition) is 5. The van der Waals surface area contributed by atoms with Crippen LogP contribution in [0.3, 0.4) is 0 Å². The lowest BCUT2D eigenvalue weighted by molar-refractivity contribution is -0.153. The van der Waals surface area contributed by atoms with Crippen molar-refractivity contribution in [1.82, 2.24) is 9.55 Å². The summed E-state index contributed by atoms with van der Waals surface area (Å²) in [6.45, 7) is 4.83. The Morgan fingerprint density at radius 2 is 1.64 bits per heavy atom. The number of benzene rings is 3. The summed E-state index contributed by atoms with van der Waals surface area (Å²) < 4.78 is 13.1. The van der Waals surface area contributed by atoms with E-state index in [0.717, 1.165) is 27.9 Å². The number of imidazole rings is 1. The third kappa shape index (κ3) is 4.33. The summed E-state index contributed by atoms with van der Waals surface area (Å²) in [5.74, 6) is -0.600. The number of anilines is 1. The largest absolute Gasteiger partial charge is 0.494 e. The number of aromatic nitrogens is 2. The molecule has 3 aromatic carbocycles.